The Balaban J connectivity index is 1.75. The number of benzene rings is 1. The molecule has 1 aromatic heterocycles. The quantitative estimate of drug-likeness (QED) is 0.741. The van der Waals surface area contributed by atoms with Crippen molar-refractivity contribution in [1.29, 1.82) is 0 Å². The Labute approximate surface area is 167 Å². The number of hydrogen-bond donors (Lipinski definition) is 0. The SMILES string of the molecule is CC(C)CN1C[C@@H](OCc2cccc(F)c2)CN(C(=O)c2cncs2)CC1=O. The minimum Gasteiger partial charge on any atom is -0.370 e. The molecule has 28 heavy (non-hydrogen) atoms. The Bertz CT molecular complexity index is 813. The number of amides is 2. The van der Waals surface area contributed by atoms with Crippen molar-refractivity contribution in [1.82, 2.24) is 14.8 Å². The van der Waals surface area contributed by atoms with Crippen molar-refractivity contribution >= 4 is 23.2 Å². The number of nitrogens with zero attached hydrogens (tertiary/aromatic N) is 3. The van der Waals surface area contributed by atoms with E-state index in [9.17, 15) is 14.0 Å². The van der Waals surface area contributed by atoms with E-state index in [1.807, 2.05) is 13.8 Å². The van der Waals surface area contributed by atoms with E-state index < -0.39 is 0 Å². The number of ether oxygens (including phenoxy) is 1. The molecule has 1 saturated heterocycles. The minimum absolute atomic E-state index is 0.0171. The first-order chi connectivity index (χ1) is 13.4. The molecule has 0 saturated carbocycles. The fourth-order valence-electron chi connectivity index (χ4n) is 3.17. The van der Waals surface area contributed by atoms with Gasteiger partial charge in [0.05, 0.1) is 24.4 Å². The Morgan fingerprint density at radius 3 is 2.89 bits per heavy atom. The zero-order chi connectivity index (χ0) is 20.1. The maximum Gasteiger partial charge on any atom is 0.266 e. The standard InChI is InChI=1S/C20H24FN3O3S/c1-14(2)8-23-9-17(27-12-15-4-3-5-16(21)6-15)10-24(11-19(23)25)20(26)18-7-22-13-28-18/h3-7,13-14,17H,8-12H2,1-2H3/t17-/m1/s1. The average Bonchev–Trinajstić information content (AvgIpc) is 3.13. The molecule has 6 nitrogen and oxygen atoms in total. The Hall–Kier alpha value is -2.32. The van der Waals surface area contributed by atoms with Crippen molar-refractivity contribution < 1.29 is 18.7 Å². The molecule has 2 amide bonds. The largest absolute Gasteiger partial charge is 0.370 e. The number of carbonyl (C=O) groups is 2. The molecule has 0 unspecified atom stereocenters. The molecular formula is C20H24FN3O3S. The van der Waals surface area contributed by atoms with E-state index in [0.29, 0.717) is 36.0 Å². The summed E-state index contributed by atoms with van der Waals surface area (Å²) in [5.74, 6) is -0.331. The molecule has 0 radical (unpaired) electrons. The van der Waals surface area contributed by atoms with E-state index in [1.54, 1.807) is 22.5 Å². The van der Waals surface area contributed by atoms with Crippen molar-refractivity contribution in [2.45, 2.75) is 26.6 Å². The fourth-order valence-corrected chi connectivity index (χ4v) is 3.76. The summed E-state index contributed by atoms with van der Waals surface area (Å²) in [4.78, 5) is 33.2. The number of carbonyl (C=O) groups excluding carboxylic acids is 2. The van der Waals surface area contributed by atoms with Crippen LogP contribution in [0.4, 0.5) is 4.39 Å². The summed E-state index contributed by atoms with van der Waals surface area (Å²) in [6.07, 6.45) is 1.15. The van der Waals surface area contributed by atoms with E-state index in [2.05, 4.69) is 4.98 Å². The lowest BCUT2D eigenvalue weighted by molar-refractivity contribution is -0.132. The first-order valence-electron chi connectivity index (χ1n) is 9.24. The highest BCUT2D eigenvalue weighted by molar-refractivity contribution is 7.11. The van der Waals surface area contributed by atoms with Crippen molar-refractivity contribution in [3.63, 3.8) is 0 Å². The van der Waals surface area contributed by atoms with Gasteiger partial charge in [0.15, 0.2) is 0 Å². The molecule has 0 aliphatic carbocycles. The van der Waals surface area contributed by atoms with Gasteiger partial charge in [-0.05, 0) is 23.6 Å². The highest BCUT2D eigenvalue weighted by Crippen LogP contribution is 2.17. The van der Waals surface area contributed by atoms with Gasteiger partial charge in [0.25, 0.3) is 5.91 Å². The van der Waals surface area contributed by atoms with Crippen molar-refractivity contribution in [2.75, 3.05) is 26.2 Å². The highest BCUT2D eigenvalue weighted by atomic mass is 32.1. The molecule has 1 aliphatic heterocycles. The summed E-state index contributed by atoms with van der Waals surface area (Å²) in [6.45, 7) is 5.62. The highest BCUT2D eigenvalue weighted by Gasteiger charge is 2.32. The third kappa shape index (κ3) is 5.36. The number of rotatable bonds is 6. The lowest BCUT2D eigenvalue weighted by Gasteiger charge is -2.26. The zero-order valence-corrected chi connectivity index (χ0v) is 16.8. The van der Waals surface area contributed by atoms with Gasteiger partial charge in [-0.3, -0.25) is 14.6 Å². The van der Waals surface area contributed by atoms with Crippen LogP contribution in [-0.4, -0.2) is 58.9 Å². The summed E-state index contributed by atoms with van der Waals surface area (Å²) < 4.78 is 19.4. The molecule has 2 aromatic rings. The summed E-state index contributed by atoms with van der Waals surface area (Å²) in [5.41, 5.74) is 2.31. The van der Waals surface area contributed by atoms with Crippen molar-refractivity contribution in [3.05, 3.63) is 52.2 Å². The number of thiazole rings is 1. The van der Waals surface area contributed by atoms with Gasteiger partial charge in [0.1, 0.15) is 17.2 Å². The van der Waals surface area contributed by atoms with E-state index in [1.165, 1.54) is 34.6 Å². The van der Waals surface area contributed by atoms with Crippen LogP contribution in [0.15, 0.2) is 36.0 Å². The number of hydrogen-bond acceptors (Lipinski definition) is 5. The molecule has 0 N–H and O–H groups in total. The monoisotopic (exact) mass is 405 g/mol. The smallest absolute Gasteiger partial charge is 0.266 e. The topological polar surface area (TPSA) is 62.7 Å². The first kappa shape index (κ1) is 20.4. The molecule has 0 bridgehead atoms. The summed E-state index contributed by atoms with van der Waals surface area (Å²) >= 11 is 1.25. The molecule has 8 heteroatoms. The van der Waals surface area contributed by atoms with E-state index in [0.717, 1.165) is 0 Å². The minimum atomic E-state index is -0.356. The second-order valence-corrected chi connectivity index (χ2v) is 8.19. The maximum absolute atomic E-state index is 13.4. The van der Waals surface area contributed by atoms with Crippen LogP contribution in [-0.2, 0) is 16.1 Å². The molecule has 1 fully saturated rings. The molecule has 1 aromatic carbocycles. The van der Waals surface area contributed by atoms with E-state index in [4.69, 9.17) is 4.74 Å². The van der Waals surface area contributed by atoms with E-state index in [-0.39, 0.29) is 36.9 Å². The third-order valence-corrected chi connectivity index (χ3v) is 5.18. The van der Waals surface area contributed by atoms with Gasteiger partial charge in [-0.1, -0.05) is 26.0 Å². The molecular weight excluding hydrogens is 381 g/mol. The summed E-state index contributed by atoms with van der Waals surface area (Å²) in [7, 11) is 0. The number of aromatic nitrogens is 1. The van der Waals surface area contributed by atoms with Gasteiger partial charge in [-0.25, -0.2) is 4.39 Å². The van der Waals surface area contributed by atoms with E-state index >= 15 is 0 Å². The van der Waals surface area contributed by atoms with Gasteiger partial charge < -0.3 is 14.5 Å². The Morgan fingerprint density at radius 1 is 1.39 bits per heavy atom. The lowest BCUT2D eigenvalue weighted by atomic mass is 10.2. The van der Waals surface area contributed by atoms with Gasteiger partial charge in [-0.2, -0.15) is 0 Å². The molecule has 0 spiro atoms. The van der Waals surface area contributed by atoms with Crippen LogP contribution < -0.4 is 0 Å². The van der Waals surface area contributed by atoms with Gasteiger partial charge in [0.2, 0.25) is 5.91 Å². The summed E-state index contributed by atoms with van der Waals surface area (Å²) in [5, 5.41) is 0. The summed E-state index contributed by atoms with van der Waals surface area (Å²) in [6, 6.07) is 6.23. The van der Waals surface area contributed by atoms with Crippen LogP contribution in [0.1, 0.15) is 29.1 Å². The van der Waals surface area contributed by atoms with Crippen LogP contribution in [0.5, 0.6) is 0 Å². The predicted molar refractivity (Wildman–Crippen MR) is 104 cm³/mol. The normalized spacial score (nSPS) is 17.9. The lowest BCUT2D eigenvalue weighted by Crippen LogP contribution is -2.40. The van der Waals surface area contributed by atoms with Gasteiger partial charge in [-0.15, -0.1) is 11.3 Å². The average molecular weight is 405 g/mol. The van der Waals surface area contributed by atoms with Crippen LogP contribution in [0.2, 0.25) is 0 Å². The fraction of sp³-hybridized carbons (Fsp3) is 0.450. The molecule has 1 aliphatic rings. The molecule has 1 atom stereocenters. The van der Waals surface area contributed by atoms with Crippen LogP contribution >= 0.6 is 11.3 Å². The Kier molecular flexibility index (Phi) is 6.74. The molecule has 150 valence electrons. The second kappa shape index (κ2) is 9.25. The number of halogens is 1. The van der Waals surface area contributed by atoms with Crippen LogP contribution in [0.25, 0.3) is 0 Å². The van der Waals surface area contributed by atoms with Crippen LogP contribution in [0.3, 0.4) is 0 Å². The first-order valence-corrected chi connectivity index (χ1v) is 10.1. The van der Waals surface area contributed by atoms with Gasteiger partial charge in [0, 0.05) is 19.6 Å². The molecule has 2 heterocycles. The third-order valence-electron chi connectivity index (χ3n) is 4.42. The second-order valence-electron chi connectivity index (χ2n) is 7.31. The predicted octanol–water partition coefficient (Wildman–Crippen LogP) is 2.81. The molecule has 3 rings (SSSR count). The zero-order valence-electron chi connectivity index (χ0n) is 16.0. The Morgan fingerprint density at radius 2 is 2.21 bits per heavy atom. The maximum atomic E-state index is 13.4. The van der Waals surface area contributed by atoms with Crippen molar-refractivity contribution in [2.24, 2.45) is 5.92 Å². The van der Waals surface area contributed by atoms with Crippen LogP contribution in [0, 0.1) is 11.7 Å². The van der Waals surface area contributed by atoms with Gasteiger partial charge >= 0.3 is 0 Å². The van der Waals surface area contributed by atoms with Crippen molar-refractivity contribution in [3.8, 4) is 0 Å².